The molecule has 0 radical (unpaired) electrons. The fraction of sp³-hybridized carbons (Fsp3) is 0.789. The molecule has 0 bridgehead atoms. The van der Waals surface area contributed by atoms with Crippen LogP contribution in [0.15, 0.2) is 9.52 Å². The minimum absolute atomic E-state index is 0. The maximum Gasteiger partial charge on any atom is 0.190 e. The Morgan fingerprint density at radius 3 is 2.62 bits per heavy atom. The molecule has 1 unspecified atom stereocenters. The van der Waals surface area contributed by atoms with E-state index in [4.69, 9.17) is 9.26 Å². The third-order valence-corrected chi connectivity index (χ3v) is 4.90. The first kappa shape index (κ1) is 23.2. The molecule has 0 amide bonds. The van der Waals surface area contributed by atoms with Crippen LogP contribution in [0.2, 0.25) is 0 Å². The van der Waals surface area contributed by atoms with E-state index in [0.717, 1.165) is 43.5 Å². The van der Waals surface area contributed by atoms with E-state index >= 15 is 0 Å². The first-order chi connectivity index (χ1) is 12.1. The Morgan fingerprint density at radius 1 is 1.27 bits per heavy atom. The summed E-state index contributed by atoms with van der Waals surface area (Å²) in [7, 11) is 1.80. The number of nitrogens with zero attached hydrogens (tertiary/aromatic N) is 2. The van der Waals surface area contributed by atoms with E-state index in [9.17, 15) is 0 Å². The third kappa shape index (κ3) is 7.42. The highest BCUT2D eigenvalue weighted by atomic mass is 127. The number of rotatable bonds is 8. The van der Waals surface area contributed by atoms with Gasteiger partial charge in [0.15, 0.2) is 5.96 Å². The number of aryl methyl sites for hydroxylation is 2. The smallest absolute Gasteiger partial charge is 0.190 e. The second-order valence-corrected chi connectivity index (χ2v) is 7.00. The molecule has 1 aromatic rings. The number of hydrogen-bond donors (Lipinski definition) is 2. The van der Waals surface area contributed by atoms with Gasteiger partial charge < -0.3 is 19.9 Å². The highest BCUT2D eigenvalue weighted by Crippen LogP contribution is 2.22. The summed E-state index contributed by atoms with van der Waals surface area (Å²) in [6, 6.07) is 0. The highest BCUT2D eigenvalue weighted by molar-refractivity contribution is 14.0. The monoisotopic (exact) mass is 478 g/mol. The predicted molar refractivity (Wildman–Crippen MR) is 117 cm³/mol. The molecule has 0 aliphatic heterocycles. The molecule has 26 heavy (non-hydrogen) atoms. The lowest BCUT2D eigenvalue weighted by molar-refractivity contribution is 0.0277. The van der Waals surface area contributed by atoms with Crippen LogP contribution < -0.4 is 10.6 Å². The van der Waals surface area contributed by atoms with Gasteiger partial charge in [0.05, 0.1) is 11.8 Å². The van der Waals surface area contributed by atoms with Gasteiger partial charge in [0, 0.05) is 38.2 Å². The number of halogens is 1. The first-order valence-corrected chi connectivity index (χ1v) is 9.60. The normalized spacial score (nSPS) is 16.8. The van der Waals surface area contributed by atoms with Gasteiger partial charge in [0.25, 0.3) is 0 Å². The minimum Gasteiger partial charge on any atom is -0.378 e. The summed E-state index contributed by atoms with van der Waals surface area (Å²) < 4.78 is 11.2. The van der Waals surface area contributed by atoms with Crippen molar-refractivity contribution < 1.29 is 9.26 Å². The molecule has 1 aliphatic rings. The summed E-state index contributed by atoms with van der Waals surface area (Å²) in [6.07, 6.45) is 7.96. The minimum atomic E-state index is 0. The summed E-state index contributed by atoms with van der Waals surface area (Å²) in [6.45, 7) is 8.61. The van der Waals surface area contributed by atoms with Crippen LogP contribution in [0.3, 0.4) is 0 Å². The van der Waals surface area contributed by atoms with Gasteiger partial charge in [-0.15, -0.1) is 24.0 Å². The Hall–Kier alpha value is -0.830. The molecule has 2 rings (SSSR count). The summed E-state index contributed by atoms with van der Waals surface area (Å²) in [5.41, 5.74) is 2.15. The van der Waals surface area contributed by atoms with Crippen LogP contribution in [0.1, 0.15) is 68.4 Å². The fourth-order valence-corrected chi connectivity index (χ4v) is 3.53. The molecule has 0 saturated heterocycles. The SMILES string of the molecule is CN=C(NCCCOC1CCCCC1)NCC(C)c1c(C)noc1C.I. The topological polar surface area (TPSA) is 71.7 Å². The first-order valence-electron chi connectivity index (χ1n) is 9.60. The van der Waals surface area contributed by atoms with E-state index in [0.29, 0.717) is 12.0 Å². The van der Waals surface area contributed by atoms with Crippen LogP contribution in [0, 0.1) is 13.8 Å². The Balaban J connectivity index is 0.00000338. The van der Waals surface area contributed by atoms with Crippen molar-refractivity contribution in [3.8, 4) is 0 Å². The van der Waals surface area contributed by atoms with E-state index in [1.165, 1.54) is 37.7 Å². The molecule has 1 aliphatic carbocycles. The number of guanidine groups is 1. The fourth-order valence-electron chi connectivity index (χ4n) is 3.53. The van der Waals surface area contributed by atoms with Crippen LogP contribution in [0.5, 0.6) is 0 Å². The van der Waals surface area contributed by atoms with Crippen molar-refractivity contribution in [2.75, 3.05) is 26.7 Å². The number of hydrogen-bond acceptors (Lipinski definition) is 4. The lowest BCUT2D eigenvalue weighted by Crippen LogP contribution is -2.39. The Kier molecular flexibility index (Phi) is 11.2. The van der Waals surface area contributed by atoms with Gasteiger partial charge >= 0.3 is 0 Å². The van der Waals surface area contributed by atoms with Crippen LogP contribution in [-0.4, -0.2) is 44.0 Å². The zero-order chi connectivity index (χ0) is 18.1. The van der Waals surface area contributed by atoms with Crippen LogP contribution in [-0.2, 0) is 4.74 Å². The Bertz CT molecular complexity index is 522. The van der Waals surface area contributed by atoms with Crippen molar-refractivity contribution in [3.63, 3.8) is 0 Å². The molecule has 1 saturated carbocycles. The molecule has 2 N–H and O–H groups in total. The Morgan fingerprint density at radius 2 is 2.00 bits per heavy atom. The predicted octanol–water partition coefficient (Wildman–Crippen LogP) is 3.92. The number of aromatic nitrogens is 1. The summed E-state index contributed by atoms with van der Waals surface area (Å²) in [5.74, 6) is 2.05. The van der Waals surface area contributed by atoms with Crippen molar-refractivity contribution in [1.29, 1.82) is 0 Å². The maximum atomic E-state index is 5.95. The standard InChI is InChI=1S/C19H34N4O2.HI/c1-14(18-15(2)23-25-16(18)3)13-22-19(20-4)21-11-8-12-24-17-9-6-5-7-10-17;/h14,17H,5-13H2,1-4H3,(H2,20,21,22);1H. The number of nitrogens with one attached hydrogen (secondary N) is 2. The van der Waals surface area contributed by atoms with Crippen molar-refractivity contribution in [3.05, 3.63) is 17.0 Å². The quantitative estimate of drug-likeness (QED) is 0.257. The summed E-state index contributed by atoms with van der Waals surface area (Å²) in [5, 5.41) is 10.8. The van der Waals surface area contributed by atoms with E-state index < -0.39 is 0 Å². The second-order valence-electron chi connectivity index (χ2n) is 7.00. The maximum absolute atomic E-state index is 5.95. The van der Waals surface area contributed by atoms with Gasteiger partial charge in [-0.05, 0) is 33.1 Å². The van der Waals surface area contributed by atoms with Gasteiger partial charge in [-0.2, -0.15) is 0 Å². The van der Waals surface area contributed by atoms with Crippen molar-refractivity contribution in [2.24, 2.45) is 4.99 Å². The molecule has 1 atom stereocenters. The van der Waals surface area contributed by atoms with Gasteiger partial charge in [-0.1, -0.05) is 31.3 Å². The zero-order valence-corrected chi connectivity index (χ0v) is 19.0. The van der Waals surface area contributed by atoms with Gasteiger partial charge in [-0.3, -0.25) is 4.99 Å². The molecule has 1 fully saturated rings. The second kappa shape index (κ2) is 12.5. The van der Waals surface area contributed by atoms with Crippen molar-refractivity contribution in [1.82, 2.24) is 15.8 Å². The molecule has 1 heterocycles. The highest BCUT2D eigenvalue weighted by Gasteiger charge is 2.16. The molecule has 0 aromatic carbocycles. The number of ether oxygens (including phenoxy) is 1. The van der Waals surface area contributed by atoms with Crippen LogP contribution in [0.25, 0.3) is 0 Å². The van der Waals surface area contributed by atoms with E-state index in [2.05, 4.69) is 27.7 Å². The molecular formula is C19H35IN4O2. The van der Waals surface area contributed by atoms with Crippen LogP contribution in [0.4, 0.5) is 0 Å². The summed E-state index contributed by atoms with van der Waals surface area (Å²) in [4.78, 5) is 4.29. The largest absolute Gasteiger partial charge is 0.378 e. The molecule has 0 spiro atoms. The molecule has 7 heteroatoms. The van der Waals surface area contributed by atoms with Gasteiger partial charge in [-0.25, -0.2) is 0 Å². The lowest BCUT2D eigenvalue weighted by Gasteiger charge is -2.22. The molecule has 1 aromatic heterocycles. The molecular weight excluding hydrogens is 443 g/mol. The number of aliphatic imine (C=N–C) groups is 1. The van der Waals surface area contributed by atoms with Crippen molar-refractivity contribution in [2.45, 2.75) is 71.3 Å². The zero-order valence-electron chi connectivity index (χ0n) is 16.6. The lowest BCUT2D eigenvalue weighted by atomic mass is 9.98. The average molecular weight is 478 g/mol. The molecule has 6 nitrogen and oxygen atoms in total. The van der Waals surface area contributed by atoms with Gasteiger partial charge in [0.1, 0.15) is 5.76 Å². The Labute approximate surface area is 174 Å². The van der Waals surface area contributed by atoms with Gasteiger partial charge in [0.2, 0.25) is 0 Å². The van der Waals surface area contributed by atoms with Crippen molar-refractivity contribution >= 4 is 29.9 Å². The average Bonchev–Trinajstić information content (AvgIpc) is 2.96. The third-order valence-electron chi connectivity index (χ3n) is 4.90. The van der Waals surface area contributed by atoms with Crippen LogP contribution >= 0.6 is 24.0 Å². The van der Waals surface area contributed by atoms with E-state index in [1.54, 1.807) is 7.05 Å². The summed E-state index contributed by atoms with van der Waals surface area (Å²) >= 11 is 0. The van der Waals surface area contributed by atoms with E-state index in [-0.39, 0.29) is 24.0 Å². The molecule has 150 valence electrons. The van der Waals surface area contributed by atoms with E-state index in [1.807, 2.05) is 13.8 Å².